The van der Waals surface area contributed by atoms with Crippen LogP contribution in [0.1, 0.15) is 16.1 Å². The Morgan fingerprint density at radius 1 is 1.30 bits per heavy atom. The van der Waals surface area contributed by atoms with Gasteiger partial charge in [0.25, 0.3) is 11.5 Å². The number of hydrogen-bond donors (Lipinski definition) is 1. The van der Waals surface area contributed by atoms with Gasteiger partial charge in [0.15, 0.2) is 11.3 Å². The molecule has 3 aromatic rings. The number of carbonyl (C=O) groups excluding carboxylic acids is 1. The lowest BCUT2D eigenvalue weighted by Crippen LogP contribution is -2.33. The topological polar surface area (TPSA) is 76.9 Å². The van der Waals surface area contributed by atoms with E-state index in [1.165, 1.54) is 4.57 Å². The third-order valence-corrected chi connectivity index (χ3v) is 3.62. The van der Waals surface area contributed by atoms with Gasteiger partial charge in [0.2, 0.25) is 0 Å². The Hall–Kier alpha value is -2.73. The van der Waals surface area contributed by atoms with Crippen molar-refractivity contribution in [3.8, 4) is 0 Å². The molecule has 116 valence electrons. The summed E-state index contributed by atoms with van der Waals surface area (Å²) in [6.45, 7) is 0.259. The van der Waals surface area contributed by atoms with Crippen LogP contribution in [0.25, 0.3) is 11.2 Å². The third-order valence-electron chi connectivity index (χ3n) is 3.38. The molecule has 6 nitrogen and oxygen atoms in total. The molecule has 3 rings (SSSR count). The van der Waals surface area contributed by atoms with Crippen LogP contribution in [0.2, 0.25) is 5.02 Å². The van der Waals surface area contributed by atoms with Crippen molar-refractivity contribution in [2.45, 2.75) is 6.54 Å². The number of aryl methyl sites for hydroxylation is 1. The number of aromatic nitrogens is 3. The van der Waals surface area contributed by atoms with Crippen molar-refractivity contribution in [1.82, 2.24) is 19.9 Å². The zero-order valence-corrected chi connectivity index (χ0v) is 13.0. The van der Waals surface area contributed by atoms with Crippen molar-refractivity contribution in [3.63, 3.8) is 0 Å². The van der Waals surface area contributed by atoms with Crippen LogP contribution in [0.3, 0.4) is 0 Å². The van der Waals surface area contributed by atoms with Crippen molar-refractivity contribution in [2.24, 2.45) is 7.05 Å². The van der Waals surface area contributed by atoms with Crippen molar-refractivity contribution in [1.29, 1.82) is 0 Å². The normalized spacial score (nSPS) is 10.7. The Bertz CT molecular complexity index is 952. The van der Waals surface area contributed by atoms with E-state index in [2.05, 4.69) is 15.3 Å². The predicted octanol–water partition coefficient (Wildman–Crippen LogP) is 1.91. The van der Waals surface area contributed by atoms with Crippen LogP contribution in [0.4, 0.5) is 0 Å². The number of carbonyl (C=O) groups is 1. The first kappa shape index (κ1) is 15.2. The molecule has 0 unspecified atom stereocenters. The zero-order chi connectivity index (χ0) is 16.4. The number of halogens is 1. The lowest BCUT2D eigenvalue weighted by Gasteiger charge is -2.08. The fourth-order valence-electron chi connectivity index (χ4n) is 2.22. The maximum atomic E-state index is 12.3. The summed E-state index contributed by atoms with van der Waals surface area (Å²) in [5.74, 6) is -0.531. The van der Waals surface area contributed by atoms with Gasteiger partial charge in [-0.3, -0.25) is 14.2 Å². The molecule has 0 spiro atoms. The molecule has 0 radical (unpaired) electrons. The van der Waals surface area contributed by atoms with Crippen molar-refractivity contribution >= 4 is 28.7 Å². The van der Waals surface area contributed by atoms with E-state index >= 15 is 0 Å². The maximum absolute atomic E-state index is 12.3. The number of amides is 1. The second-order valence-corrected chi connectivity index (χ2v) is 5.42. The Labute approximate surface area is 136 Å². The van der Waals surface area contributed by atoms with Crippen LogP contribution in [0, 0.1) is 0 Å². The van der Waals surface area contributed by atoms with Crippen molar-refractivity contribution in [2.75, 3.05) is 0 Å². The monoisotopic (exact) mass is 328 g/mol. The minimum atomic E-state index is -0.531. The quantitative estimate of drug-likeness (QED) is 0.796. The summed E-state index contributed by atoms with van der Waals surface area (Å²) in [7, 11) is 1.56. The molecule has 0 aliphatic rings. The predicted molar refractivity (Wildman–Crippen MR) is 87.4 cm³/mol. The van der Waals surface area contributed by atoms with Gasteiger partial charge in [-0.05, 0) is 29.8 Å². The Morgan fingerprint density at radius 3 is 2.91 bits per heavy atom. The van der Waals surface area contributed by atoms with Gasteiger partial charge in [0.1, 0.15) is 5.52 Å². The van der Waals surface area contributed by atoms with Crippen LogP contribution in [-0.4, -0.2) is 20.4 Å². The van der Waals surface area contributed by atoms with Crippen LogP contribution < -0.4 is 10.9 Å². The number of nitrogens with one attached hydrogen (secondary N) is 1. The third kappa shape index (κ3) is 3.07. The van der Waals surface area contributed by atoms with E-state index in [0.29, 0.717) is 16.2 Å². The molecule has 0 fully saturated rings. The average Bonchev–Trinajstić information content (AvgIpc) is 2.56. The highest BCUT2D eigenvalue weighted by atomic mass is 35.5. The number of hydrogen-bond acceptors (Lipinski definition) is 4. The molecule has 1 amide bonds. The van der Waals surface area contributed by atoms with Gasteiger partial charge in [-0.25, -0.2) is 9.97 Å². The summed E-state index contributed by atoms with van der Waals surface area (Å²) >= 11 is 5.90. The second-order valence-electron chi connectivity index (χ2n) is 4.98. The van der Waals surface area contributed by atoms with Crippen molar-refractivity contribution < 1.29 is 4.79 Å². The van der Waals surface area contributed by atoms with E-state index in [1.807, 2.05) is 6.07 Å². The molecular formula is C16H13ClN4O2. The van der Waals surface area contributed by atoms with Crippen LogP contribution in [-0.2, 0) is 13.6 Å². The van der Waals surface area contributed by atoms with E-state index in [1.54, 1.807) is 43.6 Å². The molecule has 0 aliphatic heterocycles. The summed E-state index contributed by atoms with van der Waals surface area (Å²) in [5, 5.41) is 3.27. The maximum Gasteiger partial charge on any atom is 0.283 e. The van der Waals surface area contributed by atoms with E-state index in [0.717, 1.165) is 5.56 Å². The fourth-order valence-corrected chi connectivity index (χ4v) is 2.43. The molecular weight excluding hydrogens is 316 g/mol. The first-order chi connectivity index (χ1) is 11.1. The minimum Gasteiger partial charge on any atom is -0.346 e. The highest BCUT2D eigenvalue weighted by Crippen LogP contribution is 2.10. The minimum absolute atomic E-state index is 0.157. The Kier molecular flexibility index (Phi) is 4.08. The highest BCUT2D eigenvalue weighted by molar-refractivity contribution is 6.30. The summed E-state index contributed by atoms with van der Waals surface area (Å²) < 4.78 is 1.32. The van der Waals surface area contributed by atoms with Crippen LogP contribution >= 0.6 is 11.6 Å². The number of nitrogens with zero attached hydrogens (tertiary/aromatic N) is 3. The fraction of sp³-hybridized carbons (Fsp3) is 0.125. The van der Waals surface area contributed by atoms with Gasteiger partial charge in [0, 0.05) is 24.8 Å². The zero-order valence-electron chi connectivity index (χ0n) is 12.3. The average molecular weight is 329 g/mol. The molecule has 23 heavy (non-hydrogen) atoms. The summed E-state index contributed by atoms with van der Waals surface area (Å²) in [6, 6.07) is 10.5. The molecule has 0 atom stereocenters. The molecule has 0 aliphatic carbocycles. The van der Waals surface area contributed by atoms with Gasteiger partial charge in [-0.2, -0.15) is 0 Å². The molecule has 2 aromatic heterocycles. The summed E-state index contributed by atoms with van der Waals surface area (Å²) in [4.78, 5) is 32.8. The molecule has 0 saturated carbocycles. The number of pyridine rings is 1. The lowest BCUT2D eigenvalue weighted by atomic mass is 10.2. The Morgan fingerprint density at radius 2 is 2.13 bits per heavy atom. The number of benzene rings is 1. The number of rotatable bonds is 3. The summed E-state index contributed by atoms with van der Waals surface area (Å²) in [6.07, 6.45) is 1.57. The van der Waals surface area contributed by atoms with Crippen LogP contribution in [0.5, 0.6) is 0 Å². The molecule has 0 bridgehead atoms. The van der Waals surface area contributed by atoms with Crippen molar-refractivity contribution in [3.05, 3.63) is 69.2 Å². The van der Waals surface area contributed by atoms with Crippen LogP contribution in [0.15, 0.2) is 47.4 Å². The molecule has 0 saturated heterocycles. The largest absolute Gasteiger partial charge is 0.346 e. The SMILES string of the molecule is Cn1c(=O)c(C(=O)NCc2cccc(Cl)c2)nc2cccnc21. The van der Waals surface area contributed by atoms with Gasteiger partial charge in [0.05, 0.1) is 0 Å². The summed E-state index contributed by atoms with van der Waals surface area (Å²) in [5.41, 5.74) is 1.12. The van der Waals surface area contributed by atoms with E-state index in [9.17, 15) is 9.59 Å². The first-order valence-corrected chi connectivity index (χ1v) is 7.28. The Balaban J connectivity index is 1.89. The highest BCUT2D eigenvalue weighted by Gasteiger charge is 2.16. The molecule has 2 heterocycles. The van der Waals surface area contributed by atoms with Gasteiger partial charge < -0.3 is 5.32 Å². The van der Waals surface area contributed by atoms with E-state index in [-0.39, 0.29) is 12.2 Å². The van der Waals surface area contributed by atoms with Gasteiger partial charge in [-0.1, -0.05) is 23.7 Å². The molecule has 1 N–H and O–H groups in total. The first-order valence-electron chi connectivity index (χ1n) is 6.90. The van der Waals surface area contributed by atoms with Gasteiger partial charge >= 0.3 is 0 Å². The standard InChI is InChI=1S/C16H13ClN4O2/c1-21-14-12(6-3-7-18-14)20-13(16(21)23)15(22)19-9-10-4-2-5-11(17)8-10/h2-8H,9H2,1H3,(H,19,22). The van der Waals surface area contributed by atoms with Gasteiger partial charge in [-0.15, -0.1) is 0 Å². The van der Waals surface area contributed by atoms with E-state index in [4.69, 9.17) is 11.6 Å². The molecule has 1 aromatic carbocycles. The second kappa shape index (κ2) is 6.18. The number of fused-ring (bicyclic) bond motifs is 1. The molecule has 7 heteroatoms. The van der Waals surface area contributed by atoms with E-state index < -0.39 is 11.5 Å². The lowest BCUT2D eigenvalue weighted by molar-refractivity contribution is 0.0944. The smallest absolute Gasteiger partial charge is 0.283 e.